The number of aryl methyl sites for hydroxylation is 1. The maximum atomic E-state index is 6.13. The van der Waals surface area contributed by atoms with Crippen molar-refractivity contribution in [3.05, 3.63) is 23.2 Å². The van der Waals surface area contributed by atoms with Crippen LogP contribution in [0.5, 0.6) is 0 Å². The first-order valence-corrected chi connectivity index (χ1v) is 6.20. The van der Waals surface area contributed by atoms with E-state index in [2.05, 4.69) is 20.7 Å². The van der Waals surface area contributed by atoms with Gasteiger partial charge in [-0.3, -0.25) is 0 Å². The fourth-order valence-electron chi connectivity index (χ4n) is 2.47. The van der Waals surface area contributed by atoms with E-state index in [0.717, 1.165) is 42.7 Å². The van der Waals surface area contributed by atoms with E-state index in [0.29, 0.717) is 11.2 Å². The second kappa shape index (κ2) is 4.27. The molecule has 90 valence electrons. The molecule has 2 aromatic heterocycles. The van der Waals surface area contributed by atoms with Gasteiger partial charge in [0.1, 0.15) is 17.1 Å². The molecule has 0 radical (unpaired) electrons. The summed E-state index contributed by atoms with van der Waals surface area (Å²) in [5.41, 5.74) is 2.08. The second-order valence-electron chi connectivity index (χ2n) is 4.43. The normalized spacial score (nSPS) is 17.8. The molecule has 3 heterocycles. The molecule has 3 rings (SSSR count). The Morgan fingerprint density at radius 3 is 2.88 bits per heavy atom. The Morgan fingerprint density at radius 1 is 1.35 bits per heavy atom. The first-order valence-electron chi connectivity index (χ1n) is 5.83. The minimum atomic E-state index is 0.464. The Labute approximate surface area is 105 Å². The third-order valence-corrected chi connectivity index (χ3v) is 3.62. The zero-order chi connectivity index (χ0) is 11.8. The number of hydrogen-bond acceptors (Lipinski definition) is 3. The van der Waals surface area contributed by atoms with Gasteiger partial charge in [0.2, 0.25) is 0 Å². The van der Waals surface area contributed by atoms with Gasteiger partial charge < -0.3 is 9.30 Å². The summed E-state index contributed by atoms with van der Waals surface area (Å²) in [6, 6.07) is 0.464. The molecule has 0 amide bonds. The molecule has 1 aliphatic rings. The lowest BCUT2D eigenvalue weighted by Gasteiger charge is -2.24. The van der Waals surface area contributed by atoms with Gasteiger partial charge in [0.15, 0.2) is 0 Å². The van der Waals surface area contributed by atoms with Gasteiger partial charge in [-0.15, -0.1) is 0 Å². The van der Waals surface area contributed by atoms with Crippen molar-refractivity contribution in [2.75, 3.05) is 13.2 Å². The van der Waals surface area contributed by atoms with Gasteiger partial charge in [0.05, 0.1) is 5.39 Å². The summed E-state index contributed by atoms with van der Waals surface area (Å²) in [6.07, 6.45) is 5.72. The summed E-state index contributed by atoms with van der Waals surface area (Å²) >= 11 is 6.13. The highest BCUT2D eigenvalue weighted by Crippen LogP contribution is 2.30. The van der Waals surface area contributed by atoms with Gasteiger partial charge in [-0.1, -0.05) is 11.6 Å². The van der Waals surface area contributed by atoms with Crippen LogP contribution >= 0.6 is 11.6 Å². The van der Waals surface area contributed by atoms with Crippen LogP contribution in [0.1, 0.15) is 24.4 Å². The quantitative estimate of drug-likeness (QED) is 0.732. The fraction of sp³-hybridized carbons (Fsp3) is 0.500. The number of ether oxygens (including phenoxy) is 1. The van der Waals surface area contributed by atoms with Crippen molar-refractivity contribution < 1.29 is 4.74 Å². The van der Waals surface area contributed by atoms with Gasteiger partial charge in [0, 0.05) is 25.5 Å². The summed E-state index contributed by atoms with van der Waals surface area (Å²) in [7, 11) is 0. The molecule has 0 bridgehead atoms. The van der Waals surface area contributed by atoms with E-state index in [1.807, 2.05) is 6.92 Å². The molecule has 5 heteroatoms. The van der Waals surface area contributed by atoms with Crippen molar-refractivity contribution in [1.29, 1.82) is 0 Å². The maximum absolute atomic E-state index is 6.13. The van der Waals surface area contributed by atoms with Crippen LogP contribution in [0.15, 0.2) is 12.5 Å². The van der Waals surface area contributed by atoms with Crippen molar-refractivity contribution in [3.8, 4) is 0 Å². The molecule has 0 aromatic carbocycles. The number of nitrogens with zero attached hydrogens (tertiary/aromatic N) is 3. The van der Waals surface area contributed by atoms with Crippen molar-refractivity contribution in [2.45, 2.75) is 25.8 Å². The van der Waals surface area contributed by atoms with Crippen LogP contribution in [0.25, 0.3) is 11.0 Å². The molecule has 0 N–H and O–H groups in total. The number of aromatic nitrogens is 3. The van der Waals surface area contributed by atoms with Crippen molar-refractivity contribution in [3.63, 3.8) is 0 Å². The van der Waals surface area contributed by atoms with Crippen LogP contribution in [0.3, 0.4) is 0 Å². The van der Waals surface area contributed by atoms with E-state index in [-0.39, 0.29) is 0 Å². The number of hydrogen-bond donors (Lipinski definition) is 0. The SMILES string of the molecule is Cc1cn(C2CCOCC2)c2ncnc(Cl)c12. The molecule has 2 aromatic rings. The Balaban J connectivity index is 2.13. The summed E-state index contributed by atoms with van der Waals surface area (Å²) in [4.78, 5) is 8.41. The number of fused-ring (bicyclic) bond motifs is 1. The van der Waals surface area contributed by atoms with Crippen molar-refractivity contribution in [1.82, 2.24) is 14.5 Å². The third-order valence-electron chi connectivity index (χ3n) is 3.34. The summed E-state index contributed by atoms with van der Waals surface area (Å²) in [5, 5.41) is 1.51. The topological polar surface area (TPSA) is 39.9 Å². The molecule has 0 spiro atoms. The lowest BCUT2D eigenvalue weighted by Crippen LogP contribution is -2.19. The predicted molar refractivity (Wildman–Crippen MR) is 66.4 cm³/mol. The highest BCUT2D eigenvalue weighted by molar-refractivity contribution is 6.34. The van der Waals surface area contributed by atoms with E-state index in [1.54, 1.807) is 0 Å². The van der Waals surface area contributed by atoms with Gasteiger partial charge in [-0.2, -0.15) is 0 Å². The zero-order valence-electron chi connectivity index (χ0n) is 9.69. The number of rotatable bonds is 1. The molecule has 1 aliphatic heterocycles. The number of halogens is 1. The lowest BCUT2D eigenvalue weighted by atomic mass is 10.1. The average Bonchev–Trinajstić information content (AvgIpc) is 2.69. The molecule has 1 fully saturated rings. The van der Waals surface area contributed by atoms with Gasteiger partial charge >= 0.3 is 0 Å². The monoisotopic (exact) mass is 251 g/mol. The molecule has 0 atom stereocenters. The molecular weight excluding hydrogens is 238 g/mol. The first-order chi connectivity index (χ1) is 8.27. The minimum absolute atomic E-state index is 0.464. The maximum Gasteiger partial charge on any atom is 0.145 e. The largest absolute Gasteiger partial charge is 0.381 e. The minimum Gasteiger partial charge on any atom is -0.381 e. The second-order valence-corrected chi connectivity index (χ2v) is 4.78. The van der Waals surface area contributed by atoms with E-state index < -0.39 is 0 Å². The molecule has 4 nitrogen and oxygen atoms in total. The van der Waals surface area contributed by atoms with Gasteiger partial charge in [-0.05, 0) is 25.3 Å². The van der Waals surface area contributed by atoms with E-state index >= 15 is 0 Å². The zero-order valence-corrected chi connectivity index (χ0v) is 10.4. The average molecular weight is 252 g/mol. The Bertz CT molecular complexity index is 546. The molecule has 0 saturated carbocycles. The van der Waals surface area contributed by atoms with Gasteiger partial charge in [0.25, 0.3) is 0 Å². The summed E-state index contributed by atoms with van der Waals surface area (Å²) in [5.74, 6) is 0. The van der Waals surface area contributed by atoms with Crippen LogP contribution in [-0.2, 0) is 4.74 Å². The Kier molecular flexibility index (Phi) is 2.76. The standard InChI is InChI=1S/C12H14ClN3O/c1-8-6-16(9-2-4-17-5-3-9)12-10(8)11(13)14-7-15-12/h6-7,9H,2-5H2,1H3. The summed E-state index contributed by atoms with van der Waals surface area (Å²) in [6.45, 7) is 3.69. The van der Waals surface area contributed by atoms with Crippen LogP contribution in [0.4, 0.5) is 0 Å². The lowest BCUT2D eigenvalue weighted by molar-refractivity contribution is 0.0705. The van der Waals surface area contributed by atoms with Crippen LogP contribution in [-0.4, -0.2) is 27.7 Å². The molecule has 0 aliphatic carbocycles. The highest BCUT2D eigenvalue weighted by atomic mass is 35.5. The van der Waals surface area contributed by atoms with E-state index in [9.17, 15) is 0 Å². The van der Waals surface area contributed by atoms with Crippen molar-refractivity contribution in [2.24, 2.45) is 0 Å². The highest BCUT2D eigenvalue weighted by Gasteiger charge is 2.20. The van der Waals surface area contributed by atoms with Crippen LogP contribution in [0, 0.1) is 6.92 Å². The van der Waals surface area contributed by atoms with Crippen LogP contribution < -0.4 is 0 Å². The molecule has 17 heavy (non-hydrogen) atoms. The van der Waals surface area contributed by atoms with Gasteiger partial charge in [-0.25, -0.2) is 9.97 Å². The third kappa shape index (κ3) is 1.81. The Morgan fingerprint density at radius 2 is 2.12 bits per heavy atom. The van der Waals surface area contributed by atoms with E-state index in [1.165, 1.54) is 6.33 Å². The fourth-order valence-corrected chi connectivity index (χ4v) is 2.74. The van der Waals surface area contributed by atoms with E-state index in [4.69, 9.17) is 16.3 Å². The molecule has 0 unspecified atom stereocenters. The Hall–Kier alpha value is -1.13. The first kappa shape index (κ1) is 11.0. The molecule has 1 saturated heterocycles. The predicted octanol–water partition coefficient (Wildman–Crippen LogP) is 2.74. The molecular formula is C12H14ClN3O. The van der Waals surface area contributed by atoms with Crippen molar-refractivity contribution >= 4 is 22.6 Å². The van der Waals surface area contributed by atoms with Crippen LogP contribution in [0.2, 0.25) is 5.15 Å². The smallest absolute Gasteiger partial charge is 0.145 e. The summed E-state index contributed by atoms with van der Waals surface area (Å²) < 4.78 is 7.61.